The molecule has 2 N–H and O–H groups in total. The van der Waals surface area contributed by atoms with Crippen molar-refractivity contribution >= 4 is 0 Å². The fourth-order valence-electron chi connectivity index (χ4n) is 1.80. The number of phenols is 1. The first-order valence-corrected chi connectivity index (χ1v) is 5.47. The highest BCUT2D eigenvalue weighted by Gasteiger charge is 2.22. The third-order valence-electron chi connectivity index (χ3n) is 3.09. The number of methoxy groups -OCH3 is 1. The van der Waals surface area contributed by atoms with Gasteiger partial charge in [0.15, 0.2) is 0 Å². The van der Waals surface area contributed by atoms with Gasteiger partial charge in [0, 0.05) is 31.2 Å². The Bertz CT molecular complexity index is 364. The molecule has 0 saturated carbocycles. The maximum absolute atomic E-state index is 9.75. The van der Waals surface area contributed by atoms with Crippen LogP contribution in [0.4, 0.5) is 0 Å². The quantitative estimate of drug-likeness (QED) is 0.791. The third-order valence-corrected chi connectivity index (χ3v) is 3.09. The normalized spacial score (nSPS) is 16.2. The predicted octanol–water partition coefficient (Wildman–Crippen LogP) is 0.804. The van der Waals surface area contributed by atoms with Crippen molar-refractivity contribution in [2.75, 3.05) is 27.2 Å². The van der Waals surface area contributed by atoms with Crippen LogP contribution in [0.5, 0.6) is 11.5 Å². The molecule has 88 valence electrons. The summed E-state index contributed by atoms with van der Waals surface area (Å²) in [6.45, 7) is 2.80. The van der Waals surface area contributed by atoms with Gasteiger partial charge in [0.05, 0.1) is 7.11 Å². The molecule has 2 rings (SSSR count). The van der Waals surface area contributed by atoms with E-state index in [2.05, 4.69) is 17.3 Å². The van der Waals surface area contributed by atoms with Crippen molar-refractivity contribution in [3.63, 3.8) is 0 Å². The first kappa shape index (κ1) is 11.2. The monoisotopic (exact) mass is 222 g/mol. The van der Waals surface area contributed by atoms with Gasteiger partial charge in [0.25, 0.3) is 0 Å². The summed E-state index contributed by atoms with van der Waals surface area (Å²) < 4.78 is 5.15. The highest BCUT2D eigenvalue weighted by Crippen LogP contribution is 2.24. The lowest BCUT2D eigenvalue weighted by Crippen LogP contribution is -2.55. The first-order chi connectivity index (χ1) is 7.70. The van der Waals surface area contributed by atoms with Gasteiger partial charge in [0.2, 0.25) is 0 Å². The van der Waals surface area contributed by atoms with Gasteiger partial charge in [-0.2, -0.15) is 0 Å². The molecule has 1 heterocycles. The largest absolute Gasteiger partial charge is 0.508 e. The van der Waals surface area contributed by atoms with Gasteiger partial charge in [-0.1, -0.05) is 0 Å². The standard InChI is InChI=1S/C12H18N2O2/c1-14(10-6-13-7-10)8-9-5-11(16-2)3-4-12(9)15/h3-5,10,13,15H,6-8H2,1-2H3. The average Bonchev–Trinajstić information content (AvgIpc) is 2.18. The number of phenolic OH excluding ortho intramolecular Hbond substituents is 1. The van der Waals surface area contributed by atoms with Crippen molar-refractivity contribution in [3.05, 3.63) is 23.8 Å². The summed E-state index contributed by atoms with van der Waals surface area (Å²) in [5.74, 6) is 1.12. The topological polar surface area (TPSA) is 44.7 Å². The van der Waals surface area contributed by atoms with Gasteiger partial charge in [-0.05, 0) is 25.2 Å². The zero-order valence-corrected chi connectivity index (χ0v) is 9.73. The number of aromatic hydroxyl groups is 1. The van der Waals surface area contributed by atoms with Crippen LogP contribution in [-0.2, 0) is 6.54 Å². The maximum Gasteiger partial charge on any atom is 0.120 e. The molecule has 0 aromatic heterocycles. The van der Waals surface area contributed by atoms with Crippen LogP contribution in [0.3, 0.4) is 0 Å². The van der Waals surface area contributed by atoms with Crippen LogP contribution in [-0.4, -0.2) is 43.3 Å². The number of likely N-dealkylation sites (N-methyl/N-ethyl adjacent to an activating group) is 1. The molecular formula is C12H18N2O2. The van der Waals surface area contributed by atoms with Gasteiger partial charge in [0.1, 0.15) is 11.5 Å². The maximum atomic E-state index is 9.75. The summed E-state index contributed by atoms with van der Waals surface area (Å²) in [5.41, 5.74) is 0.911. The Balaban J connectivity index is 2.06. The average molecular weight is 222 g/mol. The molecule has 1 saturated heterocycles. The van der Waals surface area contributed by atoms with E-state index in [1.54, 1.807) is 19.2 Å². The Morgan fingerprint density at radius 1 is 1.50 bits per heavy atom. The number of nitrogens with zero attached hydrogens (tertiary/aromatic N) is 1. The smallest absolute Gasteiger partial charge is 0.120 e. The van der Waals surface area contributed by atoms with Gasteiger partial charge in [-0.15, -0.1) is 0 Å². The molecule has 0 spiro atoms. The molecule has 1 aromatic rings. The van der Waals surface area contributed by atoms with E-state index < -0.39 is 0 Å². The van der Waals surface area contributed by atoms with E-state index in [4.69, 9.17) is 4.74 Å². The number of benzene rings is 1. The summed E-state index contributed by atoms with van der Waals surface area (Å²) >= 11 is 0. The molecule has 16 heavy (non-hydrogen) atoms. The van der Waals surface area contributed by atoms with Gasteiger partial charge < -0.3 is 15.2 Å². The van der Waals surface area contributed by atoms with E-state index in [0.717, 1.165) is 30.9 Å². The molecule has 0 amide bonds. The molecule has 0 radical (unpaired) electrons. The fourth-order valence-corrected chi connectivity index (χ4v) is 1.80. The molecule has 0 aliphatic carbocycles. The second kappa shape index (κ2) is 4.72. The molecule has 4 nitrogen and oxygen atoms in total. The van der Waals surface area contributed by atoms with Crippen molar-refractivity contribution in [2.45, 2.75) is 12.6 Å². The lowest BCUT2D eigenvalue weighted by atomic mass is 10.1. The summed E-state index contributed by atoms with van der Waals surface area (Å²) in [7, 11) is 3.71. The van der Waals surface area contributed by atoms with Crippen LogP contribution in [0.1, 0.15) is 5.56 Å². The number of hydrogen-bond acceptors (Lipinski definition) is 4. The molecule has 0 unspecified atom stereocenters. The fraction of sp³-hybridized carbons (Fsp3) is 0.500. The Kier molecular flexibility index (Phi) is 3.31. The highest BCUT2D eigenvalue weighted by molar-refractivity contribution is 5.39. The molecule has 4 heteroatoms. The van der Waals surface area contributed by atoms with E-state index >= 15 is 0 Å². The van der Waals surface area contributed by atoms with Crippen LogP contribution in [0, 0.1) is 0 Å². The van der Waals surface area contributed by atoms with E-state index in [1.165, 1.54) is 0 Å². The minimum absolute atomic E-state index is 0.333. The summed E-state index contributed by atoms with van der Waals surface area (Å²) in [4.78, 5) is 2.24. The summed E-state index contributed by atoms with van der Waals surface area (Å²) in [5, 5.41) is 13.0. The van der Waals surface area contributed by atoms with Crippen molar-refractivity contribution in [2.24, 2.45) is 0 Å². The number of nitrogens with one attached hydrogen (secondary N) is 1. The minimum Gasteiger partial charge on any atom is -0.508 e. The number of hydrogen-bond donors (Lipinski definition) is 2. The lowest BCUT2D eigenvalue weighted by molar-refractivity contribution is 0.171. The van der Waals surface area contributed by atoms with Crippen molar-refractivity contribution in [1.29, 1.82) is 0 Å². The Labute approximate surface area is 95.8 Å². The second-order valence-electron chi connectivity index (χ2n) is 4.22. The van der Waals surface area contributed by atoms with Gasteiger partial charge in [-0.3, -0.25) is 4.90 Å². The number of rotatable bonds is 4. The molecule has 0 atom stereocenters. The van der Waals surface area contributed by atoms with E-state index in [1.807, 2.05) is 6.07 Å². The Morgan fingerprint density at radius 3 is 2.81 bits per heavy atom. The van der Waals surface area contributed by atoms with E-state index in [9.17, 15) is 5.11 Å². The van der Waals surface area contributed by atoms with Crippen molar-refractivity contribution in [1.82, 2.24) is 10.2 Å². The highest BCUT2D eigenvalue weighted by atomic mass is 16.5. The predicted molar refractivity (Wildman–Crippen MR) is 62.8 cm³/mol. The van der Waals surface area contributed by atoms with Crippen molar-refractivity contribution in [3.8, 4) is 11.5 Å². The van der Waals surface area contributed by atoms with E-state index in [-0.39, 0.29) is 0 Å². The van der Waals surface area contributed by atoms with Crippen LogP contribution in [0.15, 0.2) is 18.2 Å². The zero-order valence-electron chi connectivity index (χ0n) is 9.73. The molecule has 0 bridgehead atoms. The minimum atomic E-state index is 0.333. The molecule has 1 aromatic carbocycles. The second-order valence-corrected chi connectivity index (χ2v) is 4.22. The Morgan fingerprint density at radius 2 is 2.25 bits per heavy atom. The SMILES string of the molecule is COc1ccc(O)c(CN(C)C2CNC2)c1. The molecule has 1 fully saturated rings. The first-order valence-electron chi connectivity index (χ1n) is 5.47. The number of ether oxygens (including phenoxy) is 1. The molecule has 1 aliphatic rings. The van der Waals surface area contributed by atoms with Crippen LogP contribution < -0.4 is 10.1 Å². The van der Waals surface area contributed by atoms with Gasteiger partial charge >= 0.3 is 0 Å². The van der Waals surface area contributed by atoms with Crippen molar-refractivity contribution < 1.29 is 9.84 Å². The van der Waals surface area contributed by atoms with Crippen LogP contribution >= 0.6 is 0 Å². The molecule has 1 aliphatic heterocycles. The Hall–Kier alpha value is -1.26. The summed E-state index contributed by atoms with van der Waals surface area (Å²) in [6, 6.07) is 5.91. The molecular weight excluding hydrogens is 204 g/mol. The van der Waals surface area contributed by atoms with Crippen LogP contribution in [0.2, 0.25) is 0 Å². The zero-order chi connectivity index (χ0) is 11.5. The van der Waals surface area contributed by atoms with Gasteiger partial charge in [-0.25, -0.2) is 0 Å². The van der Waals surface area contributed by atoms with E-state index in [0.29, 0.717) is 11.8 Å². The third kappa shape index (κ3) is 2.28. The lowest BCUT2D eigenvalue weighted by Gasteiger charge is -2.35. The van der Waals surface area contributed by atoms with Crippen LogP contribution in [0.25, 0.3) is 0 Å². The summed E-state index contributed by atoms with van der Waals surface area (Å²) in [6.07, 6.45) is 0.